The molecule has 0 spiro atoms. The van der Waals surface area contributed by atoms with Gasteiger partial charge in [0.15, 0.2) is 5.82 Å². The van der Waals surface area contributed by atoms with Gasteiger partial charge >= 0.3 is 0 Å². The maximum Gasteiger partial charge on any atom is 0.255 e. The zero-order valence-electron chi connectivity index (χ0n) is 19.6. The molecule has 2 saturated heterocycles. The molecule has 0 bridgehead atoms. The largest absolute Gasteiger partial charge is 0.355 e. The van der Waals surface area contributed by atoms with Crippen molar-refractivity contribution in [2.45, 2.75) is 45.4 Å². The number of halogens is 2. The lowest BCUT2D eigenvalue weighted by atomic mass is 9.91. The van der Waals surface area contributed by atoms with Gasteiger partial charge < -0.3 is 15.1 Å². The van der Waals surface area contributed by atoms with Crippen LogP contribution in [0.5, 0.6) is 0 Å². The summed E-state index contributed by atoms with van der Waals surface area (Å²) in [6.45, 7) is 5.61. The average molecular weight is 503 g/mol. The minimum atomic E-state index is -0.264. The molecule has 1 N–H and O–H groups in total. The number of pyridine rings is 1. The molecule has 1 aromatic heterocycles. The molecule has 2 aliphatic heterocycles. The SMILES string of the molecule is CCC1CCN(C(=O)CC2CCN(c3ncc(Cl)cc3NC(=O)c3cccc(Cl)c3)CC2)CC1. The van der Waals surface area contributed by atoms with Gasteiger partial charge in [0.2, 0.25) is 5.91 Å². The standard InChI is InChI=1S/C26H32Cl2N4O2/c1-2-18-6-10-31(11-7-18)24(33)14-19-8-12-32(13-9-19)25-23(16-22(28)17-29-25)30-26(34)20-4-3-5-21(27)15-20/h3-5,15-19H,2,6-14H2,1H3,(H,30,34). The highest BCUT2D eigenvalue weighted by Crippen LogP contribution is 2.32. The van der Waals surface area contributed by atoms with E-state index in [1.165, 1.54) is 6.42 Å². The Morgan fingerprint density at radius 1 is 1.00 bits per heavy atom. The van der Waals surface area contributed by atoms with Crippen molar-refractivity contribution in [3.8, 4) is 0 Å². The van der Waals surface area contributed by atoms with Gasteiger partial charge in [-0.3, -0.25) is 9.59 Å². The van der Waals surface area contributed by atoms with Crippen LogP contribution in [-0.4, -0.2) is 47.9 Å². The Bertz CT molecular complexity index is 1020. The summed E-state index contributed by atoms with van der Waals surface area (Å²) >= 11 is 12.2. The summed E-state index contributed by atoms with van der Waals surface area (Å²) in [5, 5.41) is 3.90. The number of likely N-dealkylation sites (tertiary alicyclic amines) is 1. The summed E-state index contributed by atoms with van der Waals surface area (Å²) in [5.74, 6) is 1.88. The minimum absolute atomic E-state index is 0.264. The molecule has 2 amide bonds. The number of carbonyl (C=O) groups is 2. The number of carbonyl (C=O) groups excluding carboxylic acids is 2. The number of rotatable bonds is 6. The summed E-state index contributed by atoms with van der Waals surface area (Å²) in [6, 6.07) is 8.54. The Morgan fingerprint density at radius 2 is 1.71 bits per heavy atom. The van der Waals surface area contributed by atoms with Crippen molar-refractivity contribution in [1.29, 1.82) is 0 Å². The van der Waals surface area contributed by atoms with Gasteiger partial charge in [0.05, 0.1) is 10.7 Å². The maximum absolute atomic E-state index is 12.8. The van der Waals surface area contributed by atoms with Crippen molar-refractivity contribution in [2.75, 3.05) is 36.4 Å². The third kappa shape index (κ3) is 6.22. The summed E-state index contributed by atoms with van der Waals surface area (Å²) < 4.78 is 0. The molecule has 2 aliphatic rings. The first-order valence-corrected chi connectivity index (χ1v) is 12.9. The number of nitrogens with one attached hydrogen (secondary N) is 1. The maximum atomic E-state index is 12.8. The highest BCUT2D eigenvalue weighted by molar-refractivity contribution is 6.31. The highest BCUT2D eigenvalue weighted by atomic mass is 35.5. The van der Waals surface area contributed by atoms with Gasteiger partial charge in [0, 0.05) is 49.4 Å². The summed E-state index contributed by atoms with van der Waals surface area (Å²) in [6.07, 6.45) is 7.53. The van der Waals surface area contributed by atoms with Crippen molar-refractivity contribution in [3.05, 3.63) is 52.1 Å². The molecule has 182 valence electrons. The second-order valence-electron chi connectivity index (χ2n) is 9.36. The second-order valence-corrected chi connectivity index (χ2v) is 10.2. The number of nitrogens with zero attached hydrogens (tertiary/aromatic N) is 3. The third-order valence-corrected chi connectivity index (χ3v) is 7.53. The number of anilines is 2. The normalized spacial score (nSPS) is 17.6. The van der Waals surface area contributed by atoms with Gasteiger partial charge in [-0.15, -0.1) is 0 Å². The number of hydrogen-bond donors (Lipinski definition) is 1. The molecule has 2 fully saturated rings. The van der Waals surface area contributed by atoms with Crippen molar-refractivity contribution in [2.24, 2.45) is 11.8 Å². The van der Waals surface area contributed by atoms with Crippen molar-refractivity contribution in [1.82, 2.24) is 9.88 Å². The van der Waals surface area contributed by atoms with Crippen LogP contribution in [0.15, 0.2) is 36.5 Å². The first-order chi connectivity index (χ1) is 16.4. The van der Waals surface area contributed by atoms with Gasteiger partial charge in [-0.25, -0.2) is 4.98 Å². The van der Waals surface area contributed by atoms with Crippen LogP contribution in [0, 0.1) is 11.8 Å². The zero-order chi connectivity index (χ0) is 24.1. The van der Waals surface area contributed by atoms with Crippen LogP contribution >= 0.6 is 23.2 Å². The van der Waals surface area contributed by atoms with Gasteiger partial charge in [0.25, 0.3) is 5.91 Å². The quantitative estimate of drug-likeness (QED) is 0.534. The van der Waals surface area contributed by atoms with Crippen LogP contribution in [0.2, 0.25) is 10.0 Å². The molecule has 0 unspecified atom stereocenters. The lowest BCUT2D eigenvalue weighted by Crippen LogP contribution is -2.41. The fraction of sp³-hybridized carbons (Fsp3) is 0.500. The molecule has 4 rings (SSSR count). The highest BCUT2D eigenvalue weighted by Gasteiger charge is 2.28. The third-order valence-electron chi connectivity index (χ3n) is 7.09. The smallest absolute Gasteiger partial charge is 0.255 e. The van der Waals surface area contributed by atoms with Gasteiger partial charge in [0.1, 0.15) is 0 Å². The summed E-state index contributed by atoms with van der Waals surface area (Å²) in [7, 11) is 0. The fourth-order valence-electron chi connectivity index (χ4n) is 4.92. The van der Waals surface area contributed by atoms with Gasteiger partial charge in [-0.1, -0.05) is 42.6 Å². The summed E-state index contributed by atoms with van der Waals surface area (Å²) in [4.78, 5) is 34.3. The van der Waals surface area contributed by atoms with Crippen LogP contribution < -0.4 is 10.2 Å². The molecule has 0 aliphatic carbocycles. The molecule has 8 heteroatoms. The molecule has 0 radical (unpaired) electrons. The topological polar surface area (TPSA) is 65.5 Å². The Kier molecular flexibility index (Phi) is 8.32. The number of hydrogen-bond acceptors (Lipinski definition) is 4. The molecule has 1 aromatic carbocycles. The van der Waals surface area contributed by atoms with E-state index in [0.717, 1.165) is 57.8 Å². The first kappa shape index (κ1) is 24.8. The molecule has 0 atom stereocenters. The van der Waals surface area contributed by atoms with Crippen LogP contribution in [-0.2, 0) is 4.79 Å². The van der Waals surface area contributed by atoms with E-state index in [1.807, 2.05) is 0 Å². The zero-order valence-corrected chi connectivity index (χ0v) is 21.1. The average Bonchev–Trinajstić information content (AvgIpc) is 2.85. The predicted octanol–water partition coefficient (Wildman–Crippen LogP) is 5.90. The Balaban J connectivity index is 1.35. The molecular formula is C26H32Cl2N4O2. The van der Waals surface area contributed by atoms with Crippen LogP contribution in [0.25, 0.3) is 0 Å². The monoisotopic (exact) mass is 502 g/mol. The number of benzene rings is 1. The molecule has 6 nitrogen and oxygen atoms in total. The van der Waals surface area contributed by atoms with E-state index in [9.17, 15) is 9.59 Å². The second kappa shape index (κ2) is 11.4. The minimum Gasteiger partial charge on any atom is -0.355 e. The summed E-state index contributed by atoms with van der Waals surface area (Å²) in [5.41, 5.74) is 1.05. The first-order valence-electron chi connectivity index (χ1n) is 12.2. The molecular weight excluding hydrogens is 471 g/mol. The van der Waals surface area contributed by atoms with Crippen LogP contribution in [0.1, 0.15) is 55.8 Å². The van der Waals surface area contributed by atoms with E-state index in [0.29, 0.717) is 45.4 Å². The van der Waals surface area contributed by atoms with Gasteiger partial charge in [-0.2, -0.15) is 0 Å². The lowest BCUT2D eigenvalue weighted by molar-refractivity contribution is -0.133. The van der Waals surface area contributed by atoms with Crippen molar-refractivity contribution in [3.63, 3.8) is 0 Å². The van der Waals surface area contributed by atoms with Crippen molar-refractivity contribution < 1.29 is 9.59 Å². The predicted molar refractivity (Wildman–Crippen MR) is 138 cm³/mol. The molecule has 0 saturated carbocycles. The van der Waals surface area contributed by atoms with Crippen molar-refractivity contribution >= 4 is 46.5 Å². The lowest BCUT2D eigenvalue weighted by Gasteiger charge is -2.36. The Labute approximate surface area is 211 Å². The van der Waals surface area contributed by atoms with E-state index >= 15 is 0 Å². The fourth-order valence-corrected chi connectivity index (χ4v) is 5.26. The Morgan fingerprint density at radius 3 is 2.38 bits per heavy atom. The molecule has 2 aromatic rings. The molecule has 34 heavy (non-hydrogen) atoms. The van der Waals surface area contributed by atoms with E-state index in [-0.39, 0.29) is 5.91 Å². The van der Waals surface area contributed by atoms with Crippen LogP contribution in [0.3, 0.4) is 0 Å². The number of amides is 2. The number of piperidine rings is 2. The molecule has 3 heterocycles. The van der Waals surface area contributed by atoms with Gasteiger partial charge in [-0.05, 0) is 61.8 Å². The Hall–Kier alpha value is -2.31. The van der Waals surface area contributed by atoms with E-state index < -0.39 is 0 Å². The van der Waals surface area contributed by atoms with E-state index in [1.54, 1.807) is 36.5 Å². The van der Waals surface area contributed by atoms with E-state index in [2.05, 4.69) is 27.0 Å². The van der Waals surface area contributed by atoms with Crippen LogP contribution in [0.4, 0.5) is 11.5 Å². The number of aromatic nitrogens is 1. The van der Waals surface area contributed by atoms with E-state index in [4.69, 9.17) is 23.2 Å².